The summed E-state index contributed by atoms with van der Waals surface area (Å²) in [6, 6.07) is 18.2. The van der Waals surface area contributed by atoms with Crippen LogP contribution in [-0.4, -0.2) is 28.1 Å². The zero-order chi connectivity index (χ0) is 26.0. The molecule has 0 saturated carbocycles. The molecule has 7 nitrogen and oxygen atoms in total. The van der Waals surface area contributed by atoms with Gasteiger partial charge in [0.05, 0.1) is 6.10 Å². The lowest BCUT2D eigenvalue weighted by Gasteiger charge is -2.25. The molecule has 0 spiro atoms. The minimum atomic E-state index is -3.88. The van der Waals surface area contributed by atoms with E-state index in [1.807, 2.05) is 50.2 Å². The van der Waals surface area contributed by atoms with Crippen LogP contribution in [0.2, 0.25) is 0 Å². The van der Waals surface area contributed by atoms with Gasteiger partial charge in [0, 0.05) is 38.2 Å². The summed E-state index contributed by atoms with van der Waals surface area (Å²) in [5.41, 5.74) is 4.68. The lowest BCUT2D eigenvalue weighted by Crippen LogP contribution is -2.32. The Kier molecular flexibility index (Phi) is 8.28. The first-order valence-corrected chi connectivity index (χ1v) is 15.1. The highest BCUT2D eigenvalue weighted by atomic mass is 127. The highest BCUT2D eigenvalue weighted by molar-refractivity contribution is 14.1. The Bertz CT molecular complexity index is 1380. The molecule has 1 unspecified atom stereocenters. The quantitative estimate of drug-likeness (QED) is 0.240. The number of nitrogens with one attached hydrogen (secondary N) is 1. The maximum Gasteiger partial charge on any atom is 0.322 e. The van der Waals surface area contributed by atoms with Crippen molar-refractivity contribution in [3.63, 3.8) is 0 Å². The third-order valence-electron chi connectivity index (χ3n) is 6.09. The van der Waals surface area contributed by atoms with E-state index in [1.54, 1.807) is 29.2 Å². The summed E-state index contributed by atoms with van der Waals surface area (Å²) in [5.74, 6) is -0.387. The Morgan fingerprint density at radius 3 is 2.50 bits per heavy atom. The van der Waals surface area contributed by atoms with Gasteiger partial charge in [0.15, 0.2) is 0 Å². The standard InChI is InChI=1S/C26H26IN2O5PS/c1-16-6-3-4-7-20(16)25(30)28-19-10-11-21(17(2)14-19)26(31)29-13-5-8-24(34-35(32,33)36)22-15-18(27)9-12-23(22)29/h3-4,6-7,9-12,14-15,24H,5,8,13H2,1-2H3,(H,28,30)(H2,32,33,36). The molecule has 0 fully saturated rings. The fourth-order valence-corrected chi connectivity index (χ4v) is 5.76. The van der Waals surface area contributed by atoms with Gasteiger partial charge in [0.1, 0.15) is 0 Å². The molecule has 10 heteroatoms. The molecule has 1 atom stereocenters. The molecule has 188 valence electrons. The predicted octanol–water partition coefficient (Wildman–Crippen LogP) is 5.87. The molecule has 3 aromatic carbocycles. The number of benzene rings is 3. The molecule has 1 heterocycles. The number of hydrogen-bond donors (Lipinski definition) is 3. The first-order valence-electron chi connectivity index (χ1n) is 11.4. The molecule has 0 saturated heterocycles. The van der Waals surface area contributed by atoms with Crippen LogP contribution in [0.3, 0.4) is 0 Å². The van der Waals surface area contributed by atoms with Crippen molar-refractivity contribution in [1.29, 1.82) is 0 Å². The van der Waals surface area contributed by atoms with Crippen molar-refractivity contribution >= 4 is 64.3 Å². The van der Waals surface area contributed by atoms with Crippen LogP contribution in [0.15, 0.2) is 60.7 Å². The predicted molar refractivity (Wildman–Crippen MR) is 153 cm³/mol. The number of fused-ring (bicyclic) bond motifs is 1. The number of halogens is 1. The highest BCUT2D eigenvalue weighted by Crippen LogP contribution is 2.47. The average molecular weight is 636 g/mol. The molecule has 0 radical (unpaired) electrons. The maximum absolute atomic E-state index is 13.7. The van der Waals surface area contributed by atoms with E-state index in [0.29, 0.717) is 47.5 Å². The minimum absolute atomic E-state index is 0.181. The first kappa shape index (κ1) is 26.9. The van der Waals surface area contributed by atoms with Crippen LogP contribution in [0.5, 0.6) is 0 Å². The summed E-state index contributed by atoms with van der Waals surface area (Å²) in [4.78, 5) is 47.6. The van der Waals surface area contributed by atoms with Gasteiger partial charge >= 0.3 is 6.72 Å². The summed E-state index contributed by atoms with van der Waals surface area (Å²) < 4.78 is 6.38. The summed E-state index contributed by atoms with van der Waals surface area (Å²) >= 11 is 6.89. The first-order chi connectivity index (χ1) is 17.0. The van der Waals surface area contributed by atoms with Crippen molar-refractivity contribution in [2.75, 3.05) is 16.8 Å². The van der Waals surface area contributed by atoms with Crippen LogP contribution in [-0.2, 0) is 16.3 Å². The van der Waals surface area contributed by atoms with Gasteiger partial charge in [-0.05, 0) is 115 Å². The van der Waals surface area contributed by atoms with Crippen LogP contribution >= 0.6 is 29.3 Å². The summed E-state index contributed by atoms with van der Waals surface area (Å²) in [6.45, 7) is 0.278. The van der Waals surface area contributed by atoms with E-state index >= 15 is 0 Å². The highest BCUT2D eigenvalue weighted by Gasteiger charge is 2.31. The molecule has 2 amide bonds. The van der Waals surface area contributed by atoms with E-state index < -0.39 is 12.8 Å². The van der Waals surface area contributed by atoms with E-state index in [2.05, 4.69) is 27.9 Å². The number of hydrogen-bond acceptors (Lipinski definition) is 4. The number of carbonyl (C=O) groups is 2. The molecule has 3 aromatic rings. The molecule has 3 N–H and O–H groups in total. The van der Waals surface area contributed by atoms with E-state index in [1.165, 1.54) is 0 Å². The Hall–Kier alpha value is -2.14. The molecular formula is C26H26IN2O5PS. The van der Waals surface area contributed by atoms with Crippen LogP contribution < -0.4 is 10.2 Å². The molecule has 0 aliphatic carbocycles. The Balaban J connectivity index is 1.61. The largest absolute Gasteiger partial charge is 0.325 e. The normalized spacial score (nSPS) is 15.7. The number of nitrogens with zero attached hydrogens (tertiary/aromatic N) is 1. The van der Waals surface area contributed by atoms with Gasteiger partial charge in [-0.15, -0.1) is 0 Å². The molecule has 36 heavy (non-hydrogen) atoms. The molecule has 1 aliphatic rings. The lowest BCUT2D eigenvalue weighted by molar-refractivity contribution is 0.0984. The molecular weight excluding hydrogens is 610 g/mol. The van der Waals surface area contributed by atoms with Gasteiger partial charge in [-0.3, -0.25) is 9.59 Å². The third-order valence-corrected chi connectivity index (χ3v) is 7.55. The number of carbonyl (C=O) groups excluding carboxylic acids is 2. The van der Waals surface area contributed by atoms with Crippen molar-refractivity contribution in [3.8, 4) is 0 Å². The number of aryl methyl sites for hydroxylation is 2. The zero-order valence-electron chi connectivity index (χ0n) is 19.8. The topological polar surface area (TPSA) is 99.1 Å². The van der Waals surface area contributed by atoms with Crippen molar-refractivity contribution in [2.45, 2.75) is 32.8 Å². The van der Waals surface area contributed by atoms with Gasteiger partial charge in [0.2, 0.25) is 0 Å². The summed E-state index contributed by atoms with van der Waals surface area (Å²) in [6.07, 6.45) is 0.480. The van der Waals surface area contributed by atoms with E-state index in [0.717, 1.165) is 14.7 Å². The summed E-state index contributed by atoms with van der Waals surface area (Å²) in [7, 11) is 0. The molecule has 1 aliphatic heterocycles. The number of rotatable bonds is 5. The summed E-state index contributed by atoms with van der Waals surface area (Å²) in [5, 5.41) is 2.91. The molecule has 4 rings (SSSR count). The van der Waals surface area contributed by atoms with Gasteiger partial charge in [-0.2, -0.15) is 0 Å². The van der Waals surface area contributed by atoms with E-state index in [-0.39, 0.29) is 11.8 Å². The van der Waals surface area contributed by atoms with Crippen LogP contribution in [0.4, 0.5) is 11.4 Å². The van der Waals surface area contributed by atoms with Gasteiger partial charge in [0.25, 0.3) is 11.8 Å². The van der Waals surface area contributed by atoms with E-state index in [9.17, 15) is 19.4 Å². The van der Waals surface area contributed by atoms with E-state index in [4.69, 9.17) is 16.3 Å². The fourth-order valence-electron chi connectivity index (χ4n) is 4.38. The molecule has 0 aromatic heterocycles. The van der Waals surface area contributed by atoms with Crippen molar-refractivity contribution in [3.05, 3.63) is 92.1 Å². The Morgan fingerprint density at radius 2 is 1.81 bits per heavy atom. The monoisotopic (exact) mass is 636 g/mol. The van der Waals surface area contributed by atoms with Gasteiger partial charge < -0.3 is 24.5 Å². The van der Waals surface area contributed by atoms with Crippen LogP contribution in [0.1, 0.15) is 56.4 Å². The number of anilines is 2. The average Bonchev–Trinajstić information content (AvgIpc) is 2.97. The van der Waals surface area contributed by atoms with Crippen molar-refractivity contribution in [1.82, 2.24) is 0 Å². The van der Waals surface area contributed by atoms with Gasteiger partial charge in [-0.1, -0.05) is 18.2 Å². The second kappa shape index (κ2) is 11.1. The third kappa shape index (κ3) is 6.22. The second-order valence-corrected chi connectivity index (χ2v) is 12.6. The fraction of sp³-hybridized carbons (Fsp3) is 0.231. The maximum atomic E-state index is 13.7. The Labute approximate surface area is 228 Å². The number of amides is 2. The second-order valence-electron chi connectivity index (χ2n) is 8.69. The minimum Gasteiger partial charge on any atom is -0.325 e. The SMILES string of the molecule is Cc1ccccc1C(=O)Nc1ccc(C(=O)N2CCCC(OP(O)(O)=S)c3cc(I)ccc32)c(C)c1. The molecule has 0 bridgehead atoms. The van der Waals surface area contributed by atoms with Crippen LogP contribution in [0, 0.1) is 17.4 Å². The zero-order valence-corrected chi connectivity index (χ0v) is 23.6. The lowest BCUT2D eigenvalue weighted by atomic mass is 10.0. The van der Waals surface area contributed by atoms with Crippen LogP contribution in [0.25, 0.3) is 0 Å². The smallest absolute Gasteiger partial charge is 0.322 e. The Morgan fingerprint density at radius 1 is 1.06 bits per heavy atom. The van der Waals surface area contributed by atoms with Crippen molar-refractivity contribution in [2.24, 2.45) is 0 Å². The van der Waals surface area contributed by atoms with Gasteiger partial charge in [-0.25, -0.2) is 0 Å². The van der Waals surface area contributed by atoms with Crippen molar-refractivity contribution < 1.29 is 23.9 Å².